The van der Waals surface area contributed by atoms with Gasteiger partial charge in [-0.1, -0.05) is 35.3 Å². The number of hydrogen-bond donors (Lipinski definition) is 7. The predicted molar refractivity (Wildman–Crippen MR) is 315 cm³/mol. The summed E-state index contributed by atoms with van der Waals surface area (Å²) in [7, 11) is -3.28. The first-order valence-corrected chi connectivity index (χ1v) is 30.2. The van der Waals surface area contributed by atoms with Crippen LogP contribution in [0, 0.1) is 0 Å². The summed E-state index contributed by atoms with van der Waals surface area (Å²) in [6, 6.07) is 13.6. The fourth-order valence-electron chi connectivity index (χ4n) is 11.0. The van der Waals surface area contributed by atoms with E-state index < -0.39 is 69.8 Å². The van der Waals surface area contributed by atoms with Gasteiger partial charge in [-0.2, -0.15) is 13.5 Å². The Morgan fingerprint density at radius 2 is 1.29 bits per heavy atom. The Kier molecular flexibility index (Phi) is 21.7. The van der Waals surface area contributed by atoms with Crippen molar-refractivity contribution in [1.82, 2.24) is 49.8 Å². The normalized spacial score (nSPS) is 18.2. The van der Waals surface area contributed by atoms with Gasteiger partial charge in [0.25, 0.3) is 16.0 Å². The summed E-state index contributed by atoms with van der Waals surface area (Å²) in [4.78, 5) is 100. The van der Waals surface area contributed by atoms with E-state index in [-0.39, 0.29) is 103 Å². The number of piperidine rings is 1. The average molecular weight is 1260 g/mol. The maximum Gasteiger partial charge on any atom is 0.317 e. The van der Waals surface area contributed by atoms with Crippen LogP contribution in [0.25, 0.3) is 28.1 Å². The zero-order valence-electron chi connectivity index (χ0n) is 47.8. The SMILES string of the molecule is COc1cc2c(cc1-c1cccc(NC(=O)CN3CCC(NC(=O)C(CS(=O)(=O)O)NC(=O)CN4CCN(CC(=O)O)CCN(CC(=O)O)CCN(CC(=O)O)CC4)CC3)c1)-c1c(c(C(=O)N3CCOCC3(C)C)nn1-c1cc(Cl)cc(Cl)c1)CO2. The number of likely N-dealkylation sites (tertiary alicyclic amines) is 1. The summed E-state index contributed by atoms with van der Waals surface area (Å²) in [5.74, 6) is -5.87. The topological polar surface area (TPSA) is 336 Å². The molecule has 1 aromatic heterocycles. The summed E-state index contributed by atoms with van der Waals surface area (Å²) >= 11 is 13.1. The number of fused-ring (bicyclic) bond motifs is 3. The minimum Gasteiger partial charge on any atom is -0.496 e. The molecule has 1 unspecified atom stereocenters. The van der Waals surface area contributed by atoms with Crippen molar-refractivity contribution in [3.63, 3.8) is 0 Å². The number of nitrogens with one attached hydrogen (secondary N) is 3. The minimum absolute atomic E-state index is 0.0172. The molecule has 27 nitrogen and oxygen atoms in total. The van der Waals surface area contributed by atoms with Crippen LogP contribution in [0.15, 0.2) is 54.6 Å². The number of ether oxygens (including phenoxy) is 3. The van der Waals surface area contributed by atoms with Crippen molar-refractivity contribution in [3.05, 3.63) is 75.9 Å². The number of anilines is 1. The molecule has 0 saturated carbocycles. The molecule has 3 fully saturated rings. The average Bonchev–Trinajstić information content (AvgIpc) is 1.61. The lowest BCUT2D eigenvalue weighted by atomic mass is 9.95. The molecule has 466 valence electrons. The maximum atomic E-state index is 14.5. The van der Waals surface area contributed by atoms with E-state index in [0.29, 0.717) is 107 Å². The van der Waals surface area contributed by atoms with Crippen molar-refractivity contribution < 1.29 is 76.1 Å². The summed E-state index contributed by atoms with van der Waals surface area (Å²) in [5.41, 5.74) is 3.66. The van der Waals surface area contributed by atoms with E-state index in [1.165, 1.54) is 7.11 Å². The van der Waals surface area contributed by atoms with Gasteiger partial charge in [0.05, 0.1) is 70.0 Å². The highest BCUT2D eigenvalue weighted by molar-refractivity contribution is 7.85. The van der Waals surface area contributed by atoms with Crippen molar-refractivity contribution in [3.8, 4) is 39.6 Å². The van der Waals surface area contributed by atoms with Crippen molar-refractivity contribution in [2.75, 3.05) is 136 Å². The van der Waals surface area contributed by atoms with E-state index in [0.717, 1.165) is 0 Å². The Morgan fingerprint density at radius 3 is 1.84 bits per heavy atom. The fraction of sp³-hybridized carbons (Fsp3) is 0.500. The summed E-state index contributed by atoms with van der Waals surface area (Å²) < 4.78 is 53.8. The van der Waals surface area contributed by atoms with Gasteiger partial charge in [0, 0.05) is 117 Å². The number of morpholine rings is 1. The Balaban J connectivity index is 0.903. The molecule has 0 bridgehead atoms. The number of hydrogen-bond acceptors (Lipinski definition) is 18. The monoisotopic (exact) mass is 1260 g/mol. The molecule has 7 N–H and O–H groups in total. The van der Waals surface area contributed by atoms with Crippen LogP contribution in [0.5, 0.6) is 11.5 Å². The molecule has 3 aromatic carbocycles. The lowest BCUT2D eigenvalue weighted by Gasteiger charge is -2.41. The van der Waals surface area contributed by atoms with Gasteiger partial charge < -0.3 is 50.4 Å². The molecule has 4 aliphatic heterocycles. The second kappa shape index (κ2) is 28.7. The molecule has 4 aliphatic rings. The molecule has 4 amide bonds. The Hall–Kier alpha value is -6.99. The Bertz CT molecular complexity index is 3250. The number of carbonyl (C=O) groups is 7. The second-order valence-corrected chi connectivity index (χ2v) is 24.6. The van der Waals surface area contributed by atoms with E-state index in [4.69, 9.17) is 42.5 Å². The molecule has 5 heterocycles. The number of carbonyl (C=O) groups excluding carboxylic acids is 4. The predicted octanol–water partition coefficient (Wildman–Crippen LogP) is 2.03. The number of carboxylic acids is 3. The third kappa shape index (κ3) is 17.6. The summed E-state index contributed by atoms with van der Waals surface area (Å²) in [5, 5.41) is 42.4. The number of carboxylic acid groups (broad SMARTS) is 3. The highest BCUT2D eigenvalue weighted by atomic mass is 35.5. The fourth-order valence-corrected chi connectivity index (χ4v) is 12.2. The van der Waals surface area contributed by atoms with Crippen LogP contribution in [0.1, 0.15) is 42.7 Å². The summed E-state index contributed by atoms with van der Waals surface area (Å²) in [6.45, 7) is 5.11. The number of aromatic nitrogens is 2. The van der Waals surface area contributed by atoms with Crippen LogP contribution in [0.3, 0.4) is 0 Å². The van der Waals surface area contributed by atoms with E-state index in [1.54, 1.807) is 71.6 Å². The third-order valence-corrected chi connectivity index (χ3v) is 16.4. The van der Waals surface area contributed by atoms with Gasteiger partial charge in [-0.25, -0.2) is 4.68 Å². The van der Waals surface area contributed by atoms with E-state index in [1.807, 2.05) is 30.9 Å². The van der Waals surface area contributed by atoms with E-state index >= 15 is 0 Å². The van der Waals surface area contributed by atoms with Gasteiger partial charge in [0.15, 0.2) is 5.69 Å². The van der Waals surface area contributed by atoms with Crippen molar-refractivity contribution in [2.24, 2.45) is 0 Å². The molecular weight excluding hydrogens is 1190 g/mol. The van der Waals surface area contributed by atoms with Gasteiger partial charge in [0.1, 0.15) is 29.9 Å². The number of nitrogens with zero attached hydrogens (tertiary/aromatic N) is 8. The zero-order chi connectivity index (χ0) is 62.0. The number of aliphatic carboxylic acids is 3. The van der Waals surface area contributed by atoms with Crippen LogP contribution in [0.2, 0.25) is 10.0 Å². The third-order valence-electron chi connectivity index (χ3n) is 15.3. The van der Waals surface area contributed by atoms with Gasteiger partial charge in [-0.05, 0) is 68.7 Å². The number of benzene rings is 3. The smallest absolute Gasteiger partial charge is 0.317 e. The zero-order valence-corrected chi connectivity index (χ0v) is 50.2. The Labute approximate surface area is 506 Å². The molecule has 4 aromatic rings. The Morgan fingerprint density at radius 1 is 0.733 bits per heavy atom. The molecule has 8 rings (SSSR count). The first kappa shape index (κ1) is 65.0. The molecule has 3 saturated heterocycles. The first-order chi connectivity index (χ1) is 40.8. The quantitative estimate of drug-likeness (QED) is 0.0623. The standard InChI is InChI=1S/C56H71Cl2N11O16S/c1-56(2)34-84-20-19-68(56)55(79)52-43-32-85-46-26-45(83-3)41(25-42(46)53(43)69(62-52)40-23-36(57)22-37(58)24-40)35-5-4-6-39(21-35)59-47(70)27-63-9-7-38(8-10-63)60-54(78)44(33-86(80,81)82)61-48(71)28-64-11-13-65(29-49(72)73)15-17-67(31-51(76)77)18-16-66(14-12-64)30-50(74)75/h4-6,21-26,38,44H,7-20,27-34H2,1-3H3,(H,59,70)(H,60,78)(H,61,71)(H,72,73)(H,74,75)(H,76,77)(H,80,81,82). The highest BCUT2D eigenvalue weighted by Crippen LogP contribution is 2.47. The molecular formula is C56H71Cl2N11O16S. The van der Waals surface area contributed by atoms with Crippen molar-refractivity contribution >= 4 is 80.5 Å². The molecule has 30 heteroatoms. The number of rotatable bonds is 20. The van der Waals surface area contributed by atoms with Crippen LogP contribution in [0.4, 0.5) is 5.69 Å². The molecule has 0 aliphatic carbocycles. The molecule has 0 radical (unpaired) electrons. The highest BCUT2D eigenvalue weighted by Gasteiger charge is 2.40. The first-order valence-electron chi connectivity index (χ1n) is 27.9. The molecule has 0 spiro atoms. The number of halogens is 2. The molecule has 86 heavy (non-hydrogen) atoms. The van der Waals surface area contributed by atoms with Crippen LogP contribution in [-0.2, 0) is 50.2 Å². The lowest BCUT2D eigenvalue weighted by molar-refractivity contribution is -0.140. The van der Waals surface area contributed by atoms with Gasteiger partial charge in [0.2, 0.25) is 17.7 Å². The van der Waals surface area contributed by atoms with Crippen LogP contribution >= 0.6 is 23.2 Å². The van der Waals surface area contributed by atoms with Crippen LogP contribution < -0.4 is 25.4 Å². The van der Waals surface area contributed by atoms with E-state index in [9.17, 15) is 61.9 Å². The van der Waals surface area contributed by atoms with Gasteiger partial charge >= 0.3 is 17.9 Å². The van der Waals surface area contributed by atoms with Crippen LogP contribution in [-0.4, -0.2) is 257 Å². The minimum atomic E-state index is -4.82. The van der Waals surface area contributed by atoms with Gasteiger partial charge in [-0.3, -0.25) is 62.6 Å². The van der Waals surface area contributed by atoms with E-state index in [2.05, 4.69) is 16.0 Å². The van der Waals surface area contributed by atoms with Crippen molar-refractivity contribution in [2.45, 2.75) is 50.9 Å². The molecule has 1 atom stereocenters. The lowest BCUT2D eigenvalue weighted by Crippen LogP contribution is -2.56. The number of methoxy groups -OCH3 is 1. The van der Waals surface area contributed by atoms with Gasteiger partial charge in [-0.15, -0.1) is 0 Å². The maximum absolute atomic E-state index is 14.5. The second-order valence-electron chi connectivity index (χ2n) is 22.2. The largest absolute Gasteiger partial charge is 0.496 e. The van der Waals surface area contributed by atoms with Crippen molar-refractivity contribution in [1.29, 1.82) is 0 Å². The number of amides is 4. The summed E-state index contributed by atoms with van der Waals surface area (Å²) in [6.07, 6.45) is 0.687.